The van der Waals surface area contributed by atoms with Crippen LogP contribution < -0.4 is 0 Å². The first kappa shape index (κ1) is 33.1. The number of benzene rings is 1. The number of rotatable bonds is 8. The molecule has 44 heavy (non-hydrogen) atoms. The minimum atomic E-state index is -1.88. The van der Waals surface area contributed by atoms with Gasteiger partial charge in [0.25, 0.3) is 0 Å². The van der Waals surface area contributed by atoms with E-state index < -0.39 is 89.0 Å². The van der Waals surface area contributed by atoms with Crippen molar-refractivity contribution in [3.8, 4) is 0 Å². The molecule has 8 unspecified atom stereocenters. The second-order valence-electron chi connectivity index (χ2n) is 12.6. The maximum Gasteiger partial charge on any atom is 0.344 e. The molecule has 1 saturated heterocycles. The summed E-state index contributed by atoms with van der Waals surface area (Å²) in [6.45, 7) is 9.39. The van der Waals surface area contributed by atoms with Crippen molar-refractivity contribution >= 4 is 35.9 Å². The zero-order valence-electron chi connectivity index (χ0n) is 26.0. The lowest BCUT2D eigenvalue weighted by Gasteiger charge is -2.65. The van der Waals surface area contributed by atoms with E-state index >= 15 is 0 Å². The summed E-state index contributed by atoms with van der Waals surface area (Å²) in [7, 11) is 0. The number of hydrogen-bond donors (Lipinski definition) is 1. The molecule has 12 heteroatoms. The Bertz CT molecular complexity index is 1330. The quantitative estimate of drug-likeness (QED) is 0.259. The van der Waals surface area contributed by atoms with Gasteiger partial charge in [0.1, 0.15) is 23.9 Å². The van der Waals surface area contributed by atoms with Crippen molar-refractivity contribution in [2.24, 2.45) is 11.3 Å². The minimum absolute atomic E-state index is 0.0784. The number of ether oxygens (including phenoxy) is 6. The Morgan fingerprint density at radius 2 is 1.52 bits per heavy atom. The van der Waals surface area contributed by atoms with E-state index in [2.05, 4.69) is 0 Å². The van der Waals surface area contributed by atoms with Crippen LogP contribution in [0.2, 0.25) is 0 Å². The van der Waals surface area contributed by atoms with Crippen LogP contribution in [0.1, 0.15) is 66.9 Å². The number of carbonyl (C=O) groups is 5. The van der Waals surface area contributed by atoms with Crippen LogP contribution in [0.3, 0.4) is 0 Å². The molecule has 3 aliphatic rings. The zero-order valence-corrected chi connectivity index (χ0v) is 26.0. The Hall–Kier alpha value is -3.77. The first-order valence-electron chi connectivity index (χ1n) is 14.5. The van der Waals surface area contributed by atoms with Gasteiger partial charge in [0.2, 0.25) is 0 Å². The molecule has 2 saturated carbocycles. The maximum absolute atomic E-state index is 13.3. The van der Waals surface area contributed by atoms with Gasteiger partial charge in [0.15, 0.2) is 12.7 Å². The molecule has 1 aromatic carbocycles. The van der Waals surface area contributed by atoms with Crippen LogP contribution in [-0.4, -0.2) is 82.8 Å². The second kappa shape index (κ2) is 12.0. The molecular formula is C32H40O12. The molecule has 1 heterocycles. The molecule has 3 fully saturated rings. The molecule has 1 aromatic rings. The van der Waals surface area contributed by atoms with E-state index in [0.717, 1.165) is 12.5 Å². The number of aliphatic hydroxyl groups is 1. The average molecular weight is 617 g/mol. The van der Waals surface area contributed by atoms with E-state index in [1.165, 1.54) is 26.8 Å². The van der Waals surface area contributed by atoms with E-state index in [0.29, 0.717) is 0 Å². The standard InChI is InChI=1S/C32H40O12/c1-18(33)39-17-26(37)43-28-23(40-19(2)34)16-30(6,38)32-27(41-20(3)35)22(29(4,5)44-32)15-24(31(28,32)7)42-25(36)14-13-21-11-9-8-10-12-21/h8-14,22-24,27-28,38H,15-17H2,1-7H3. The Balaban J connectivity index is 1.87. The Kier molecular flexibility index (Phi) is 9.01. The van der Waals surface area contributed by atoms with Crippen LogP contribution in [0.5, 0.6) is 0 Å². The highest BCUT2D eigenvalue weighted by Gasteiger charge is 2.84. The SMILES string of the molecule is CC(=O)OCC(=O)OC1C(OC(C)=O)CC(C)(O)C23OC(C)(C)C(CC(OC(=O)C=Cc4ccccc4)C12C)C3OC(C)=O. The van der Waals surface area contributed by atoms with Crippen LogP contribution in [0.15, 0.2) is 36.4 Å². The average Bonchev–Trinajstić information content (AvgIpc) is 3.09. The number of hydrogen-bond acceptors (Lipinski definition) is 12. The molecule has 240 valence electrons. The summed E-state index contributed by atoms with van der Waals surface area (Å²) in [6, 6.07) is 9.09. The maximum atomic E-state index is 13.3. The van der Waals surface area contributed by atoms with Crippen molar-refractivity contribution in [2.45, 2.75) is 103 Å². The fourth-order valence-electron chi connectivity index (χ4n) is 7.44. The summed E-state index contributed by atoms with van der Waals surface area (Å²) in [5, 5.41) is 12.3. The van der Waals surface area contributed by atoms with Crippen LogP contribution in [0.25, 0.3) is 6.08 Å². The highest BCUT2D eigenvalue weighted by atomic mass is 16.6. The predicted octanol–water partition coefficient (Wildman–Crippen LogP) is 2.68. The van der Waals surface area contributed by atoms with Gasteiger partial charge in [-0.05, 0) is 45.8 Å². The monoisotopic (exact) mass is 616 g/mol. The lowest BCUT2D eigenvalue weighted by molar-refractivity contribution is -0.345. The Morgan fingerprint density at radius 3 is 2.11 bits per heavy atom. The summed E-state index contributed by atoms with van der Waals surface area (Å²) in [5.41, 5.74) is -5.65. The Labute approximate surface area is 255 Å². The third-order valence-electron chi connectivity index (χ3n) is 9.08. The minimum Gasteiger partial charge on any atom is -0.459 e. The van der Waals surface area contributed by atoms with Gasteiger partial charge in [0.05, 0.1) is 16.6 Å². The molecule has 0 amide bonds. The summed E-state index contributed by atoms with van der Waals surface area (Å²) >= 11 is 0. The highest BCUT2D eigenvalue weighted by Crippen LogP contribution is 2.68. The molecule has 1 spiro atoms. The lowest BCUT2D eigenvalue weighted by atomic mass is 9.47. The molecule has 4 rings (SSSR count). The molecule has 1 N–H and O–H groups in total. The van der Waals surface area contributed by atoms with E-state index in [9.17, 15) is 29.1 Å². The topological polar surface area (TPSA) is 161 Å². The molecule has 1 aliphatic heterocycles. The normalized spacial score (nSPS) is 35.2. The van der Waals surface area contributed by atoms with Gasteiger partial charge in [-0.2, -0.15) is 0 Å². The van der Waals surface area contributed by atoms with Crippen molar-refractivity contribution in [3.05, 3.63) is 42.0 Å². The molecule has 2 aliphatic carbocycles. The van der Waals surface area contributed by atoms with Crippen molar-refractivity contribution in [1.29, 1.82) is 0 Å². The van der Waals surface area contributed by atoms with Gasteiger partial charge < -0.3 is 33.5 Å². The summed E-state index contributed by atoms with van der Waals surface area (Å²) in [4.78, 5) is 62.6. The molecule has 12 nitrogen and oxygen atoms in total. The second-order valence-corrected chi connectivity index (χ2v) is 12.6. The van der Waals surface area contributed by atoms with Gasteiger partial charge >= 0.3 is 29.8 Å². The molecule has 8 atom stereocenters. The number of carbonyl (C=O) groups excluding carboxylic acids is 5. The first-order valence-corrected chi connectivity index (χ1v) is 14.5. The summed E-state index contributed by atoms with van der Waals surface area (Å²) in [5.74, 6) is -4.34. The third kappa shape index (κ3) is 5.84. The Morgan fingerprint density at radius 1 is 0.886 bits per heavy atom. The fraction of sp³-hybridized carbons (Fsp3) is 0.594. The van der Waals surface area contributed by atoms with Gasteiger partial charge in [-0.1, -0.05) is 30.3 Å². The number of esters is 5. The van der Waals surface area contributed by atoms with Crippen LogP contribution in [0.4, 0.5) is 0 Å². The van der Waals surface area contributed by atoms with Crippen molar-refractivity contribution in [1.82, 2.24) is 0 Å². The predicted molar refractivity (Wildman–Crippen MR) is 152 cm³/mol. The summed E-state index contributed by atoms with van der Waals surface area (Å²) in [6.07, 6.45) is -2.21. The van der Waals surface area contributed by atoms with Crippen molar-refractivity contribution in [3.63, 3.8) is 0 Å². The molecular weight excluding hydrogens is 576 g/mol. The molecule has 0 radical (unpaired) electrons. The zero-order chi connectivity index (χ0) is 32.7. The molecule has 2 bridgehead atoms. The molecule has 0 aromatic heterocycles. The van der Waals surface area contributed by atoms with Crippen LogP contribution in [0, 0.1) is 11.3 Å². The van der Waals surface area contributed by atoms with Crippen molar-refractivity contribution < 1.29 is 57.5 Å². The van der Waals surface area contributed by atoms with Gasteiger partial charge in [0, 0.05) is 39.2 Å². The first-order chi connectivity index (χ1) is 20.4. The lowest BCUT2D eigenvalue weighted by Crippen LogP contribution is -2.81. The summed E-state index contributed by atoms with van der Waals surface area (Å²) < 4.78 is 35.1. The van der Waals surface area contributed by atoms with Crippen LogP contribution in [-0.2, 0) is 52.4 Å². The number of fused-ring (bicyclic) bond motifs is 1. The van der Waals surface area contributed by atoms with E-state index in [1.54, 1.807) is 26.8 Å². The van der Waals surface area contributed by atoms with Gasteiger partial charge in [-0.3, -0.25) is 14.4 Å². The van der Waals surface area contributed by atoms with Crippen molar-refractivity contribution in [2.75, 3.05) is 6.61 Å². The van der Waals surface area contributed by atoms with E-state index in [4.69, 9.17) is 28.4 Å². The smallest absolute Gasteiger partial charge is 0.344 e. The van der Waals surface area contributed by atoms with Crippen LogP contribution >= 0.6 is 0 Å². The van der Waals surface area contributed by atoms with Gasteiger partial charge in [-0.25, -0.2) is 9.59 Å². The van der Waals surface area contributed by atoms with Gasteiger partial charge in [-0.15, -0.1) is 0 Å². The fourth-order valence-corrected chi connectivity index (χ4v) is 7.44. The highest BCUT2D eigenvalue weighted by molar-refractivity contribution is 5.87. The third-order valence-corrected chi connectivity index (χ3v) is 9.08. The van der Waals surface area contributed by atoms with E-state index in [-0.39, 0.29) is 12.8 Å². The largest absolute Gasteiger partial charge is 0.459 e. The van der Waals surface area contributed by atoms with E-state index in [1.807, 2.05) is 30.3 Å².